The summed E-state index contributed by atoms with van der Waals surface area (Å²) in [7, 11) is -4.15. The van der Waals surface area contributed by atoms with E-state index in [-0.39, 0.29) is 36.8 Å². The van der Waals surface area contributed by atoms with Crippen molar-refractivity contribution in [2.45, 2.75) is 11.1 Å². The van der Waals surface area contributed by atoms with Gasteiger partial charge in [0, 0.05) is 17.5 Å². The quantitative estimate of drug-likeness (QED) is 0.0831. The van der Waals surface area contributed by atoms with Gasteiger partial charge in [-0.05, 0) is 40.3 Å². The van der Waals surface area contributed by atoms with Crippen LogP contribution in [0.25, 0.3) is 10.4 Å². The third kappa shape index (κ3) is 5.71. The van der Waals surface area contributed by atoms with Crippen molar-refractivity contribution in [1.29, 1.82) is 0 Å². The van der Waals surface area contributed by atoms with Gasteiger partial charge in [-0.25, -0.2) is 8.42 Å². The highest BCUT2D eigenvalue weighted by Gasteiger charge is 2.51. The van der Waals surface area contributed by atoms with Crippen molar-refractivity contribution in [2.75, 3.05) is 26.4 Å². The predicted octanol–water partition coefficient (Wildman–Crippen LogP) is 2.84. The lowest BCUT2D eigenvalue weighted by Gasteiger charge is -2.08. The number of sulfonamides is 1. The molecule has 1 fully saturated rings. The molecule has 0 radical (unpaired) electrons. The van der Waals surface area contributed by atoms with Gasteiger partial charge in [-0.15, -0.1) is 0 Å². The van der Waals surface area contributed by atoms with Crippen molar-refractivity contribution in [2.24, 2.45) is 5.11 Å². The monoisotopic (exact) mass is 480 g/mol. The summed E-state index contributed by atoms with van der Waals surface area (Å²) in [6.07, 6.45) is -1.28. The van der Waals surface area contributed by atoms with Crippen LogP contribution >= 0.6 is 0 Å². The first-order chi connectivity index (χ1) is 15.8. The van der Waals surface area contributed by atoms with Gasteiger partial charge >= 0.3 is 0 Å². The summed E-state index contributed by atoms with van der Waals surface area (Å²) in [5.74, 6) is 0.377. The standard InChI is InChI=1S/C17H16N6O9S/c18-20-19-7-8-30-9-10-31-13-2-4-14(5-3-13)33(28,29)23-17(32-23)15-6-1-12(21(24)25)11-16(15)22(26)27/h1-6,11,17H,7-10H2. The molecule has 33 heavy (non-hydrogen) atoms. The molecule has 0 aromatic heterocycles. The maximum absolute atomic E-state index is 12.8. The fraction of sp³-hybridized carbons (Fsp3) is 0.294. The Morgan fingerprint density at radius 2 is 1.82 bits per heavy atom. The van der Waals surface area contributed by atoms with Crippen molar-refractivity contribution in [3.8, 4) is 5.75 Å². The number of nitro benzene ring substituents is 2. The second-order valence-electron chi connectivity index (χ2n) is 6.36. The van der Waals surface area contributed by atoms with E-state index in [4.69, 9.17) is 19.8 Å². The van der Waals surface area contributed by atoms with E-state index in [0.717, 1.165) is 18.2 Å². The molecule has 15 nitrogen and oxygen atoms in total. The van der Waals surface area contributed by atoms with E-state index >= 15 is 0 Å². The predicted molar refractivity (Wildman–Crippen MR) is 109 cm³/mol. The minimum absolute atomic E-state index is 0.130. The fourth-order valence-electron chi connectivity index (χ4n) is 2.72. The Kier molecular flexibility index (Phi) is 7.37. The Morgan fingerprint density at radius 1 is 1.09 bits per heavy atom. The van der Waals surface area contributed by atoms with Crippen LogP contribution in [-0.2, 0) is 19.6 Å². The number of hydroxylamine groups is 1. The Labute approximate surface area is 186 Å². The lowest BCUT2D eigenvalue weighted by molar-refractivity contribution is -0.394. The number of ether oxygens (including phenoxy) is 2. The molecule has 0 aliphatic carbocycles. The van der Waals surface area contributed by atoms with Crippen LogP contribution in [0, 0.1) is 20.2 Å². The van der Waals surface area contributed by atoms with Gasteiger partial charge in [0.1, 0.15) is 12.4 Å². The smallest absolute Gasteiger partial charge is 0.283 e. The number of hydrogen-bond donors (Lipinski definition) is 0. The summed E-state index contributed by atoms with van der Waals surface area (Å²) in [5.41, 5.74) is 6.89. The van der Waals surface area contributed by atoms with Crippen LogP contribution < -0.4 is 4.74 Å². The molecule has 2 aromatic carbocycles. The molecule has 3 rings (SSSR count). The van der Waals surface area contributed by atoms with Crippen molar-refractivity contribution in [3.05, 3.63) is 78.7 Å². The van der Waals surface area contributed by atoms with Crippen molar-refractivity contribution < 1.29 is 32.6 Å². The van der Waals surface area contributed by atoms with Crippen LogP contribution in [0.2, 0.25) is 0 Å². The Hall–Kier alpha value is -3.82. The highest BCUT2D eigenvalue weighted by Crippen LogP contribution is 2.46. The van der Waals surface area contributed by atoms with E-state index in [9.17, 15) is 28.6 Å². The van der Waals surface area contributed by atoms with E-state index in [1.54, 1.807) is 0 Å². The third-order valence-electron chi connectivity index (χ3n) is 4.29. The van der Waals surface area contributed by atoms with Gasteiger partial charge in [-0.1, -0.05) is 5.11 Å². The second kappa shape index (κ2) is 10.2. The number of nitro groups is 2. The summed E-state index contributed by atoms with van der Waals surface area (Å²) in [5, 5.41) is 25.5. The molecule has 0 bridgehead atoms. The third-order valence-corrected chi connectivity index (χ3v) is 5.91. The summed E-state index contributed by atoms with van der Waals surface area (Å²) in [4.78, 5) is 28.0. The zero-order valence-electron chi connectivity index (χ0n) is 16.7. The number of rotatable bonds is 12. The zero-order chi connectivity index (χ0) is 24.0. The lowest BCUT2D eigenvalue weighted by atomic mass is 10.1. The van der Waals surface area contributed by atoms with Gasteiger partial charge in [0.25, 0.3) is 21.4 Å². The maximum Gasteiger partial charge on any atom is 0.283 e. The lowest BCUT2D eigenvalue weighted by Crippen LogP contribution is -2.13. The summed E-state index contributed by atoms with van der Waals surface area (Å²) in [6.45, 7) is 0.863. The molecule has 1 heterocycles. The van der Waals surface area contributed by atoms with Crippen LogP contribution in [0.5, 0.6) is 5.75 Å². The number of hydrogen-bond acceptors (Lipinski definition) is 10. The second-order valence-corrected chi connectivity index (χ2v) is 8.14. The Bertz CT molecular complexity index is 1200. The van der Waals surface area contributed by atoms with E-state index < -0.39 is 37.5 Å². The fourth-order valence-corrected chi connectivity index (χ4v) is 3.97. The first-order valence-electron chi connectivity index (χ1n) is 9.21. The molecule has 2 aromatic rings. The molecule has 0 spiro atoms. The molecule has 16 heteroatoms. The van der Waals surface area contributed by atoms with E-state index in [2.05, 4.69) is 10.0 Å². The highest BCUT2D eigenvalue weighted by atomic mass is 32.2. The van der Waals surface area contributed by atoms with E-state index in [1.165, 1.54) is 24.3 Å². The van der Waals surface area contributed by atoms with Crippen LogP contribution in [-0.4, -0.2) is 49.1 Å². The van der Waals surface area contributed by atoms with Gasteiger partial charge in [0.15, 0.2) is 0 Å². The van der Waals surface area contributed by atoms with E-state index in [0.29, 0.717) is 10.2 Å². The van der Waals surface area contributed by atoms with Crippen LogP contribution in [0.3, 0.4) is 0 Å². The van der Waals surface area contributed by atoms with Gasteiger partial charge in [0.05, 0.1) is 39.6 Å². The topological polar surface area (TPSA) is 203 Å². The molecule has 0 N–H and O–H groups in total. The zero-order valence-corrected chi connectivity index (χ0v) is 17.5. The summed E-state index contributed by atoms with van der Waals surface area (Å²) < 4.78 is 36.7. The summed E-state index contributed by atoms with van der Waals surface area (Å²) in [6, 6.07) is 8.24. The average molecular weight is 480 g/mol. The molecule has 2 atom stereocenters. The molecule has 174 valence electrons. The number of nitrogens with zero attached hydrogens (tertiary/aromatic N) is 6. The average Bonchev–Trinajstić information content (AvgIpc) is 3.60. The van der Waals surface area contributed by atoms with Crippen molar-refractivity contribution in [1.82, 2.24) is 4.47 Å². The molecular weight excluding hydrogens is 464 g/mol. The molecule has 1 saturated heterocycles. The Morgan fingerprint density at radius 3 is 2.45 bits per heavy atom. The van der Waals surface area contributed by atoms with Gasteiger partial charge in [-0.3, -0.25) is 25.1 Å². The minimum atomic E-state index is -4.15. The molecule has 1 aliphatic heterocycles. The van der Waals surface area contributed by atoms with Gasteiger partial charge in [-0.2, -0.15) is 0 Å². The number of azide groups is 1. The first kappa shape index (κ1) is 23.8. The Balaban J connectivity index is 1.63. The van der Waals surface area contributed by atoms with Gasteiger partial charge < -0.3 is 9.47 Å². The molecular formula is C17H16N6O9S. The van der Waals surface area contributed by atoms with Crippen molar-refractivity contribution >= 4 is 21.4 Å². The first-order valence-corrected chi connectivity index (χ1v) is 10.6. The normalized spacial score (nSPS) is 17.1. The molecule has 2 unspecified atom stereocenters. The van der Waals surface area contributed by atoms with Gasteiger partial charge in [0.2, 0.25) is 6.23 Å². The van der Waals surface area contributed by atoms with E-state index in [1.807, 2.05) is 0 Å². The maximum atomic E-state index is 12.8. The molecule has 0 saturated carbocycles. The molecule has 0 amide bonds. The van der Waals surface area contributed by atoms with Crippen LogP contribution in [0.15, 0.2) is 52.5 Å². The highest BCUT2D eigenvalue weighted by molar-refractivity contribution is 7.89. The largest absolute Gasteiger partial charge is 0.491 e. The number of benzene rings is 2. The van der Waals surface area contributed by atoms with Crippen LogP contribution in [0.1, 0.15) is 11.8 Å². The van der Waals surface area contributed by atoms with Crippen LogP contribution in [0.4, 0.5) is 11.4 Å². The summed E-state index contributed by atoms with van der Waals surface area (Å²) >= 11 is 0. The van der Waals surface area contributed by atoms with Crippen molar-refractivity contribution in [3.63, 3.8) is 0 Å². The SMILES string of the molecule is [N-]=[N+]=NCCOCCOc1ccc(S(=O)(=O)N2OC2c2ccc([N+](=O)[O-])cc2[N+](=O)[O-])cc1. The minimum Gasteiger partial charge on any atom is -0.491 e. The number of non-ortho nitro benzene ring substituents is 1. The molecule has 1 aliphatic rings.